The molecule has 1 saturated heterocycles. The Morgan fingerprint density at radius 1 is 1.16 bits per heavy atom. The van der Waals surface area contributed by atoms with Gasteiger partial charge >= 0.3 is 0 Å². The molecule has 182 valence electrons. The van der Waals surface area contributed by atoms with Crippen LogP contribution in [-0.4, -0.2) is 77.6 Å². The Bertz CT molecular complexity index is 677. The molecule has 1 aromatic rings. The normalized spacial score (nSPS) is 18.8. The lowest BCUT2D eigenvalue weighted by atomic mass is 9.83. The van der Waals surface area contributed by atoms with Gasteiger partial charge in [0.2, 0.25) is 0 Å². The topological polar surface area (TPSA) is 67.4 Å². The first-order valence-electron chi connectivity index (χ1n) is 11.7. The Kier molecular flexibility index (Phi) is 12.7. The average Bonchev–Trinajstić information content (AvgIpc) is 3.28. The lowest BCUT2D eigenvalue weighted by Crippen LogP contribution is -2.43. The third kappa shape index (κ3) is 9.03. The van der Waals surface area contributed by atoms with E-state index in [0.29, 0.717) is 18.6 Å². The summed E-state index contributed by atoms with van der Waals surface area (Å²) < 4.78 is 16.7. The molecule has 7 nitrogen and oxygen atoms in total. The highest BCUT2D eigenvalue weighted by molar-refractivity contribution is 14.0. The number of benzene rings is 1. The van der Waals surface area contributed by atoms with E-state index in [-0.39, 0.29) is 24.0 Å². The minimum Gasteiger partial charge on any atom is -0.492 e. The van der Waals surface area contributed by atoms with Gasteiger partial charge in [0.25, 0.3) is 0 Å². The molecule has 1 aliphatic heterocycles. The quantitative estimate of drug-likeness (QED) is 0.246. The van der Waals surface area contributed by atoms with Crippen molar-refractivity contribution in [3.8, 4) is 5.75 Å². The van der Waals surface area contributed by atoms with Gasteiger partial charge in [0.05, 0.1) is 13.2 Å². The van der Waals surface area contributed by atoms with Crippen LogP contribution < -0.4 is 15.4 Å². The highest BCUT2D eigenvalue weighted by atomic mass is 127. The number of hydrogen-bond acceptors (Lipinski definition) is 5. The molecule has 1 aliphatic carbocycles. The largest absolute Gasteiger partial charge is 0.492 e. The number of nitrogens with one attached hydrogen (secondary N) is 2. The molecule has 0 aromatic heterocycles. The Labute approximate surface area is 210 Å². The fourth-order valence-corrected chi connectivity index (χ4v) is 4.50. The minimum atomic E-state index is 0. The highest BCUT2D eigenvalue weighted by Gasteiger charge is 2.33. The van der Waals surface area contributed by atoms with E-state index in [1.54, 1.807) is 7.11 Å². The second kappa shape index (κ2) is 14.9. The van der Waals surface area contributed by atoms with Crippen molar-refractivity contribution in [2.24, 2.45) is 10.4 Å². The molecule has 1 heterocycles. The van der Waals surface area contributed by atoms with Gasteiger partial charge in [0, 0.05) is 53.5 Å². The summed E-state index contributed by atoms with van der Waals surface area (Å²) in [7, 11) is 3.62. The van der Waals surface area contributed by atoms with Gasteiger partial charge in [-0.25, -0.2) is 0 Å². The van der Waals surface area contributed by atoms with Gasteiger partial charge in [-0.15, -0.1) is 24.0 Å². The first-order valence-corrected chi connectivity index (χ1v) is 11.7. The van der Waals surface area contributed by atoms with E-state index in [9.17, 15) is 0 Å². The van der Waals surface area contributed by atoms with Crippen LogP contribution in [0, 0.1) is 5.41 Å². The van der Waals surface area contributed by atoms with Crippen molar-refractivity contribution >= 4 is 29.9 Å². The molecule has 32 heavy (non-hydrogen) atoms. The number of guanidine groups is 1. The van der Waals surface area contributed by atoms with E-state index < -0.39 is 0 Å². The van der Waals surface area contributed by atoms with Crippen LogP contribution in [0.5, 0.6) is 5.75 Å². The molecule has 0 radical (unpaired) electrons. The molecule has 0 amide bonds. The van der Waals surface area contributed by atoms with Gasteiger partial charge in [-0.2, -0.15) is 0 Å². The number of ether oxygens (including phenoxy) is 3. The molecule has 2 fully saturated rings. The number of methoxy groups -OCH3 is 1. The molecular weight excluding hydrogens is 519 g/mol. The van der Waals surface area contributed by atoms with Gasteiger partial charge in [-0.3, -0.25) is 9.89 Å². The Hall–Kier alpha value is -1.10. The molecule has 0 bridgehead atoms. The van der Waals surface area contributed by atoms with E-state index in [1.165, 1.54) is 31.2 Å². The summed E-state index contributed by atoms with van der Waals surface area (Å²) in [6, 6.07) is 8.30. The zero-order valence-electron chi connectivity index (χ0n) is 19.7. The molecule has 0 unspecified atom stereocenters. The molecule has 8 heteroatoms. The van der Waals surface area contributed by atoms with Crippen LogP contribution in [-0.2, 0) is 16.0 Å². The number of hydrogen-bond donors (Lipinski definition) is 2. The summed E-state index contributed by atoms with van der Waals surface area (Å²) in [6.45, 7) is 7.75. The maximum atomic E-state index is 5.98. The zero-order chi connectivity index (χ0) is 21.8. The van der Waals surface area contributed by atoms with E-state index in [1.807, 2.05) is 13.1 Å². The van der Waals surface area contributed by atoms with Crippen LogP contribution in [0.1, 0.15) is 37.7 Å². The van der Waals surface area contributed by atoms with Crippen molar-refractivity contribution in [1.29, 1.82) is 0 Å². The summed E-state index contributed by atoms with van der Waals surface area (Å²) in [5.41, 5.74) is 1.52. The highest BCUT2D eigenvalue weighted by Crippen LogP contribution is 2.40. The van der Waals surface area contributed by atoms with Crippen molar-refractivity contribution in [3.05, 3.63) is 29.8 Å². The van der Waals surface area contributed by atoms with Crippen molar-refractivity contribution in [2.75, 3.05) is 66.8 Å². The standard InChI is InChI=1S/C24H40N4O3.HI/c1-25-23(27-20-24(10-14-29-2)8-3-4-9-24)26-19-21-6-5-7-22(18-21)31-17-13-28-11-15-30-16-12-28;/h5-7,18H,3-4,8-17,19-20H2,1-2H3,(H2,25,26,27);1H. The second-order valence-corrected chi connectivity index (χ2v) is 8.68. The number of nitrogens with zero attached hydrogens (tertiary/aromatic N) is 2. The molecule has 0 spiro atoms. The van der Waals surface area contributed by atoms with Crippen molar-refractivity contribution in [1.82, 2.24) is 15.5 Å². The molecule has 3 rings (SSSR count). The zero-order valence-corrected chi connectivity index (χ0v) is 22.1. The van der Waals surface area contributed by atoms with Gasteiger partial charge in [-0.1, -0.05) is 25.0 Å². The van der Waals surface area contributed by atoms with E-state index in [0.717, 1.165) is 64.1 Å². The van der Waals surface area contributed by atoms with Crippen LogP contribution in [0.2, 0.25) is 0 Å². The summed E-state index contributed by atoms with van der Waals surface area (Å²) in [6.07, 6.45) is 6.28. The van der Waals surface area contributed by atoms with Crippen LogP contribution >= 0.6 is 24.0 Å². The van der Waals surface area contributed by atoms with Gasteiger partial charge in [0.15, 0.2) is 5.96 Å². The molecule has 1 aromatic carbocycles. The van der Waals surface area contributed by atoms with Gasteiger partial charge in [-0.05, 0) is 42.4 Å². The fraction of sp³-hybridized carbons (Fsp3) is 0.708. The maximum absolute atomic E-state index is 5.98. The molecule has 1 saturated carbocycles. The average molecular weight is 561 g/mol. The van der Waals surface area contributed by atoms with E-state index in [2.05, 4.69) is 38.7 Å². The van der Waals surface area contributed by atoms with Crippen LogP contribution in [0.3, 0.4) is 0 Å². The van der Waals surface area contributed by atoms with Crippen molar-refractivity contribution in [3.63, 3.8) is 0 Å². The number of morpholine rings is 1. The first kappa shape index (κ1) is 27.1. The third-order valence-electron chi connectivity index (χ3n) is 6.49. The molecule has 0 atom stereocenters. The van der Waals surface area contributed by atoms with Crippen molar-refractivity contribution < 1.29 is 14.2 Å². The van der Waals surface area contributed by atoms with Crippen LogP contribution in [0.15, 0.2) is 29.3 Å². The van der Waals surface area contributed by atoms with Crippen LogP contribution in [0.25, 0.3) is 0 Å². The van der Waals surface area contributed by atoms with Gasteiger partial charge in [0.1, 0.15) is 12.4 Å². The summed E-state index contributed by atoms with van der Waals surface area (Å²) in [5.74, 6) is 1.77. The Morgan fingerprint density at radius 2 is 1.94 bits per heavy atom. The smallest absolute Gasteiger partial charge is 0.191 e. The van der Waals surface area contributed by atoms with E-state index >= 15 is 0 Å². The Morgan fingerprint density at radius 3 is 2.66 bits per heavy atom. The summed E-state index contributed by atoms with van der Waals surface area (Å²) >= 11 is 0. The lowest BCUT2D eigenvalue weighted by Gasteiger charge is -2.30. The summed E-state index contributed by atoms with van der Waals surface area (Å²) in [4.78, 5) is 6.80. The fourth-order valence-electron chi connectivity index (χ4n) is 4.50. The maximum Gasteiger partial charge on any atom is 0.191 e. The molecule has 2 N–H and O–H groups in total. The van der Waals surface area contributed by atoms with Crippen LogP contribution in [0.4, 0.5) is 0 Å². The number of rotatable bonds is 11. The van der Waals surface area contributed by atoms with Crippen molar-refractivity contribution in [2.45, 2.75) is 38.6 Å². The first-order chi connectivity index (χ1) is 15.2. The summed E-state index contributed by atoms with van der Waals surface area (Å²) in [5, 5.41) is 7.00. The number of aliphatic imine (C=N–C) groups is 1. The number of halogens is 1. The second-order valence-electron chi connectivity index (χ2n) is 8.68. The third-order valence-corrected chi connectivity index (χ3v) is 6.49. The Balaban J connectivity index is 0.00000363. The van der Waals surface area contributed by atoms with E-state index in [4.69, 9.17) is 14.2 Å². The lowest BCUT2D eigenvalue weighted by molar-refractivity contribution is 0.0322. The molecular formula is C24H41IN4O3. The predicted molar refractivity (Wildman–Crippen MR) is 140 cm³/mol. The van der Waals surface area contributed by atoms with Gasteiger partial charge < -0.3 is 24.8 Å². The SMILES string of the molecule is CN=C(NCc1cccc(OCCN2CCOCC2)c1)NCC1(CCOC)CCCC1.I. The monoisotopic (exact) mass is 560 g/mol. The predicted octanol–water partition coefficient (Wildman–Crippen LogP) is 3.28. The minimum absolute atomic E-state index is 0. The molecule has 2 aliphatic rings.